The van der Waals surface area contributed by atoms with Gasteiger partial charge in [0.2, 0.25) is 0 Å². The molecule has 0 aliphatic heterocycles. The molecule has 106 valence electrons. The maximum atomic E-state index is 6.70. The Hall–Kier alpha value is -1.22. The zero-order chi connectivity index (χ0) is 14.0. The van der Waals surface area contributed by atoms with Gasteiger partial charge in [-0.15, -0.1) is 0 Å². The summed E-state index contributed by atoms with van der Waals surface area (Å²) in [6.07, 6.45) is 5.76. The molecule has 19 heavy (non-hydrogen) atoms. The van der Waals surface area contributed by atoms with Crippen molar-refractivity contribution in [3.63, 3.8) is 0 Å². The average molecular weight is 263 g/mol. The fraction of sp³-hybridized carbons (Fsp3) is 0.625. The van der Waals surface area contributed by atoms with Crippen molar-refractivity contribution in [1.82, 2.24) is 0 Å². The highest BCUT2D eigenvalue weighted by Gasteiger charge is 2.34. The van der Waals surface area contributed by atoms with Crippen molar-refractivity contribution in [3.8, 4) is 11.5 Å². The van der Waals surface area contributed by atoms with E-state index in [1.807, 2.05) is 6.92 Å². The second-order valence-electron chi connectivity index (χ2n) is 5.65. The van der Waals surface area contributed by atoms with Gasteiger partial charge in [0.1, 0.15) is 11.5 Å². The maximum absolute atomic E-state index is 6.70. The van der Waals surface area contributed by atoms with Gasteiger partial charge in [0.05, 0.1) is 14.2 Å². The third-order valence-electron chi connectivity index (χ3n) is 4.35. The van der Waals surface area contributed by atoms with Gasteiger partial charge in [-0.05, 0) is 38.3 Å². The van der Waals surface area contributed by atoms with E-state index in [9.17, 15) is 0 Å². The van der Waals surface area contributed by atoms with Crippen LogP contribution in [0.1, 0.15) is 48.8 Å². The van der Waals surface area contributed by atoms with E-state index in [-0.39, 0.29) is 5.54 Å². The van der Waals surface area contributed by atoms with Crippen molar-refractivity contribution in [3.05, 3.63) is 22.8 Å². The van der Waals surface area contributed by atoms with E-state index in [1.54, 1.807) is 14.2 Å². The van der Waals surface area contributed by atoms with Crippen molar-refractivity contribution < 1.29 is 9.47 Å². The molecule has 1 aliphatic rings. The Kier molecular flexibility index (Phi) is 4.04. The fourth-order valence-electron chi connectivity index (χ4n) is 3.37. The van der Waals surface area contributed by atoms with Crippen LogP contribution >= 0.6 is 0 Å². The molecule has 0 atom stereocenters. The van der Waals surface area contributed by atoms with E-state index < -0.39 is 0 Å². The molecule has 0 radical (unpaired) electrons. The van der Waals surface area contributed by atoms with Gasteiger partial charge in [0.15, 0.2) is 0 Å². The molecule has 1 fully saturated rings. The number of methoxy groups -OCH3 is 2. The first-order chi connectivity index (χ1) is 9.03. The summed E-state index contributed by atoms with van der Waals surface area (Å²) in [7, 11) is 3.41. The standard InChI is InChI=1S/C16H25NO2/c1-11-10-13(18-3)12(2)15(19-4)14(11)16(17)8-6-5-7-9-16/h10H,5-9,17H2,1-4H3. The first-order valence-electron chi connectivity index (χ1n) is 7.05. The van der Waals surface area contributed by atoms with Crippen LogP contribution in [0.25, 0.3) is 0 Å². The number of ether oxygens (including phenoxy) is 2. The first kappa shape index (κ1) is 14.2. The summed E-state index contributed by atoms with van der Waals surface area (Å²) < 4.78 is 11.1. The predicted octanol–water partition coefficient (Wildman–Crippen LogP) is 3.44. The lowest BCUT2D eigenvalue weighted by molar-refractivity contribution is 0.286. The van der Waals surface area contributed by atoms with Crippen molar-refractivity contribution in [1.29, 1.82) is 0 Å². The Balaban J connectivity index is 2.58. The van der Waals surface area contributed by atoms with Gasteiger partial charge in [-0.3, -0.25) is 0 Å². The Bertz CT molecular complexity index is 462. The van der Waals surface area contributed by atoms with Gasteiger partial charge in [0, 0.05) is 16.7 Å². The molecule has 0 bridgehead atoms. The molecule has 1 saturated carbocycles. The first-order valence-corrected chi connectivity index (χ1v) is 7.05. The molecule has 1 aromatic carbocycles. The molecule has 0 aromatic heterocycles. The average Bonchev–Trinajstić information content (AvgIpc) is 2.41. The molecule has 1 aromatic rings. The van der Waals surface area contributed by atoms with Crippen LogP contribution < -0.4 is 15.2 Å². The van der Waals surface area contributed by atoms with E-state index in [0.717, 1.165) is 29.9 Å². The van der Waals surface area contributed by atoms with Crippen LogP contribution in [0.5, 0.6) is 11.5 Å². The largest absolute Gasteiger partial charge is 0.496 e. The molecule has 0 amide bonds. The van der Waals surface area contributed by atoms with Crippen LogP contribution in [-0.2, 0) is 5.54 Å². The minimum Gasteiger partial charge on any atom is -0.496 e. The molecular weight excluding hydrogens is 238 g/mol. The second-order valence-corrected chi connectivity index (χ2v) is 5.65. The summed E-state index contributed by atoms with van der Waals surface area (Å²) in [6, 6.07) is 2.08. The molecule has 0 heterocycles. The van der Waals surface area contributed by atoms with E-state index in [1.165, 1.54) is 30.4 Å². The maximum Gasteiger partial charge on any atom is 0.130 e. The summed E-state index contributed by atoms with van der Waals surface area (Å²) in [5.74, 6) is 1.78. The van der Waals surface area contributed by atoms with Crippen LogP contribution in [0.15, 0.2) is 6.07 Å². The van der Waals surface area contributed by atoms with Crippen LogP contribution in [0, 0.1) is 13.8 Å². The van der Waals surface area contributed by atoms with Crippen LogP contribution in [0.4, 0.5) is 0 Å². The highest BCUT2D eigenvalue weighted by atomic mass is 16.5. The third-order valence-corrected chi connectivity index (χ3v) is 4.35. The van der Waals surface area contributed by atoms with Gasteiger partial charge in [-0.1, -0.05) is 19.3 Å². The zero-order valence-corrected chi connectivity index (χ0v) is 12.5. The lowest BCUT2D eigenvalue weighted by Gasteiger charge is -2.36. The van der Waals surface area contributed by atoms with Gasteiger partial charge >= 0.3 is 0 Å². The lowest BCUT2D eigenvalue weighted by Crippen LogP contribution is -2.39. The van der Waals surface area contributed by atoms with Crippen molar-refractivity contribution in [2.24, 2.45) is 5.73 Å². The molecule has 1 aliphatic carbocycles. The molecule has 0 saturated heterocycles. The molecule has 2 rings (SSSR count). The molecular formula is C16H25NO2. The molecule has 0 spiro atoms. The number of rotatable bonds is 3. The summed E-state index contributed by atoms with van der Waals surface area (Å²) in [5, 5.41) is 0. The second kappa shape index (κ2) is 5.41. The minimum absolute atomic E-state index is 0.245. The number of hydrogen-bond donors (Lipinski definition) is 1. The minimum atomic E-state index is -0.245. The summed E-state index contributed by atoms with van der Waals surface area (Å²) in [6.45, 7) is 4.13. The van der Waals surface area contributed by atoms with Gasteiger partial charge in [-0.25, -0.2) is 0 Å². The number of aryl methyl sites for hydroxylation is 1. The SMILES string of the molecule is COc1cc(C)c(C2(N)CCCCC2)c(OC)c1C. The quantitative estimate of drug-likeness (QED) is 0.908. The number of benzene rings is 1. The van der Waals surface area contributed by atoms with E-state index >= 15 is 0 Å². The smallest absolute Gasteiger partial charge is 0.130 e. The van der Waals surface area contributed by atoms with E-state index in [2.05, 4.69) is 13.0 Å². The zero-order valence-electron chi connectivity index (χ0n) is 12.5. The molecule has 2 N–H and O–H groups in total. The third kappa shape index (κ3) is 2.44. The molecule has 0 unspecified atom stereocenters. The predicted molar refractivity (Wildman–Crippen MR) is 78.0 cm³/mol. The fourth-order valence-corrected chi connectivity index (χ4v) is 3.37. The Morgan fingerprint density at radius 3 is 2.21 bits per heavy atom. The van der Waals surface area contributed by atoms with Crippen LogP contribution in [0.3, 0.4) is 0 Å². The Morgan fingerprint density at radius 2 is 1.68 bits per heavy atom. The van der Waals surface area contributed by atoms with Crippen molar-refractivity contribution >= 4 is 0 Å². The molecule has 3 heteroatoms. The van der Waals surface area contributed by atoms with Crippen molar-refractivity contribution in [2.75, 3.05) is 14.2 Å². The summed E-state index contributed by atoms with van der Waals surface area (Å²) >= 11 is 0. The summed E-state index contributed by atoms with van der Waals surface area (Å²) in [5.41, 5.74) is 9.84. The Morgan fingerprint density at radius 1 is 1.05 bits per heavy atom. The normalized spacial score (nSPS) is 18.2. The topological polar surface area (TPSA) is 44.5 Å². The van der Waals surface area contributed by atoms with Gasteiger partial charge in [-0.2, -0.15) is 0 Å². The van der Waals surface area contributed by atoms with E-state index in [4.69, 9.17) is 15.2 Å². The Labute approximate surface area is 116 Å². The van der Waals surface area contributed by atoms with Crippen molar-refractivity contribution in [2.45, 2.75) is 51.5 Å². The molecule has 3 nitrogen and oxygen atoms in total. The summed E-state index contributed by atoms with van der Waals surface area (Å²) in [4.78, 5) is 0. The highest BCUT2D eigenvalue weighted by molar-refractivity contribution is 5.56. The number of nitrogens with two attached hydrogens (primary N) is 1. The van der Waals surface area contributed by atoms with Gasteiger partial charge in [0.25, 0.3) is 0 Å². The number of hydrogen-bond acceptors (Lipinski definition) is 3. The highest BCUT2D eigenvalue weighted by Crippen LogP contribution is 2.44. The monoisotopic (exact) mass is 263 g/mol. The van der Waals surface area contributed by atoms with Gasteiger partial charge < -0.3 is 15.2 Å². The lowest BCUT2D eigenvalue weighted by atomic mass is 9.75. The van der Waals surface area contributed by atoms with Crippen LogP contribution in [-0.4, -0.2) is 14.2 Å². The van der Waals surface area contributed by atoms with E-state index in [0.29, 0.717) is 0 Å². The van der Waals surface area contributed by atoms with Crippen LogP contribution in [0.2, 0.25) is 0 Å².